The second kappa shape index (κ2) is 11.0. The number of carbonyl (C=O) groups excluding carboxylic acids is 1. The molecule has 0 spiro atoms. The Kier molecular flexibility index (Phi) is 10.6. The van der Waals surface area contributed by atoms with Crippen molar-refractivity contribution in [2.75, 3.05) is 7.11 Å². The predicted molar refractivity (Wildman–Crippen MR) is 68.4 cm³/mol. The van der Waals surface area contributed by atoms with E-state index in [9.17, 15) is 4.79 Å². The summed E-state index contributed by atoms with van der Waals surface area (Å²) in [5.74, 6) is 0.00744. The highest BCUT2D eigenvalue weighted by atomic mass is 16.5. The Morgan fingerprint density at radius 1 is 1.00 bits per heavy atom. The van der Waals surface area contributed by atoms with Crippen molar-refractivity contribution >= 4 is 5.97 Å². The summed E-state index contributed by atoms with van der Waals surface area (Å²) < 4.78 is 4.70. The number of unbranched alkanes of at least 4 members (excludes halogenated alkanes) is 7. The van der Waals surface area contributed by atoms with Gasteiger partial charge < -0.3 is 4.74 Å². The van der Waals surface area contributed by atoms with Crippen molar-refractivity contribution in [1.29, 1.82) is 0 Å². The van der Waals surface area contributed by atoms with Crippen LogP contribution in [0.4, 0.5) is 0 Å². The zero-order valence-corrected chi connectivity index (χ0v) is 11.3. The molecule has 16 heavy (non-hydrogen) atoms. The number of esters is 1. The summed E-state index contributed by atoms with van der Waals surface area (Å²) in [5.41, 5.74) is 0. The van der Waals surface area contributed by atoms with E-state index in [2.05, 4.69) is 6.92 Å². The first-order valence-electron chi connectivity index (χ1n) is 6.80. The standard InChI is InChI=1S/C14H28O2/c1-4-5-6-7-8-9-10-11-12-13(2)14(15)16-3/h13H,4-12H2,1-3H3/t13-/m0/s1. The minimum Gasteiger partial charge on any atom is -0.469 e. The molecule has 2 heteroatoms. The highest BCUT2D eigenvalue weighted by Crippen LogP contribution is 2.13. The molecular weight excluding hydrogens is 200 g/mol. The summed E-state index contributed by atoms with van der Waals surface area (Å²) in [6, 6.07) is 0. The number of hydrogen-bond acceptors (Lipinski definition) is 2. The van der Waals surface area contributed by atoms with Gasteiger partial charge in [0.2, 0.25) is 0 Å². The second-order valence-corrected chi connectivity index (χ2v) is 4.69. The number of carbonyl (C=O) groups is 1. The molecule has 0 heterocycles. The average molecular weight is 228 g/mol. The van der Waals surface area contributed by atoms with Crippen LogP contribution < -0.4 is 0 Å². The molecule has 0 fully saturated rings. The van der Waals surface area contributed by atoms with Gasteiger partial charge in [0.05, 0.1) is 13.0 Å². The van der Waals surface area contributed by atoms with Crippen molar-refractivity contribution < 1.29 is 9.53 Å². The van der Waals surface area contributed by atoms with Crippen LogP contribution in [0.2, 0.25) is 0 Å². The van der Waals surface area contributed by atoms with Crippen LogP contribution in [0.5, 0.6) is 0 Å². The highest BCUT2D eigenvalue weighted by Gasteiger charge is 2.11. The molecule has 1 atom stereocenters. The lowest BCUT2D eigenvalue weighted by molar-refractivity contribution is -0.145. The normalized spacial score (nSPS) is 12.4. The van der Waals surface area contributed by atoms with Crippen molar-refractivity contribution in [2.24, 2.45) is 5.92 Å². The molecule has 0 rings (SSSR count). The van der Waals surface area contributed by atoms with Crippen molar-refractivity contribution in [3.8, 4) is 0 Å². The maximum absolute atomic E-state index is 11.1. The van der Waals surface area contributed by atoms with E-state index in [1.807, 2.05) is 6.92 Å². The molecule has 0 unspecified atom stereocenters. The van der Waals surface area contributed by atoms with Gasteiger partial charge in [-0.05, 0) is 6.42 Å². The van der Waals surface area contributed by atoms with Crippen LogP contribution >= 0.6 is 0 Å². The van der Waals surface area contributed by atoms with Crippen LogP contribution in [0.15, 0.2) is 0 Å². The largest absolute Gasteiger partial charge is 0.469 e. The van der Waals surface area contributed by atoms with Gasteiger partial charge in [0, 0.05) is 0 Å². The highest BCUT2D eigenvalue weighted by molar-refractivity contribution is 5.71. The predicted octanol–water partition coefficient (Wildman–Crippen LogP) is 4.33. The van der Waals surface area contributed by atoms with Gasteiger partial charge in [-0.2, -0.15) is 0 Å². The molecular formula is C14H28O2. The zero-order valence-electron chi connectivity index (χ0n) is 11.3. The van der Waals surface area contributed by atoms with Gasteiger partial charge in [-0.15, -0.1) is 0 Å². The van der Waals surface area contributed by atoms with E-state index < -0.39 is 0 Å². The molecule has 0 aliphatic rings. The van der Waals surface area contributed by atoms with Gasteiger partial charge in [0.25, 0.3) is 0 Å². The summed E-state index contributed by atoms with van der Waals surface area (Å²) in [6.07, 6.45) is 11.5. The molecule has 0 saturated heterocycles. The average Bonchev–Trinajstić information content (AvgIpc) is 2.31. The second-order valence-electron chi connectivity index (χ2n) is 4.69. The molecule has 96 valence electrons. The molecule has 0 radical (unpaired) electrons. The van der Waals surface area contributed by atoms with Crippen LogP contribution in [-0.4, -0.2) is 13.1 Å². The SMILES string of the molecule is CCCCCCCCCC[C@H](C)C(=O)OC. The molecule has 0 aliphatic carbocycles. The van der Waals surface area contributed by atoms with E-state index in [1.54, 1.807) is 0 Å². The Balaban J connectivity index is 3.17. The number of hydrogen-bond donors (Lipinski definition) is 0. The fraction of sp³-hybridized carbons (Fsp3) is 0.929. The van der Waals surface area contributed by atoms with Gasteiger partial charge in [0.1, 0.15) is 0 Å². The molecule has 0 N–H and O–H groups in total. The molecule has 0 aromatic carbocycles. The smallest absolute Gasteiger partial charge is 0.308 e. The monoisotopic (exact) mass is 228 g/mol. The third-order valence-electron chi connectivity index (χ3n) is 3.09. The van der Waals surface area contributed by atoms with Crippen molar-refractivity contribution in [2.45, 2.75) is 71.6 Å². The quantitative estimate of drug-likeness (QED) is 0.411. The van der Waals surface area contributed by atoms with Crippen LogP contribution in [-0.2, 0) is 9.53 Å². The van der Waals surface area contributed by atoms with E-state index >= 15 is 0 Å². The lowest BCUT2D eigenvalue weighted by Gasteiger charge is -2.08. The third kappa shape index (κ3) is 8.75. The molecule has 0 bridgehead atoms. The molecule has 0 aromatic heterocycles. The van der Waals surface area contributed by atoms with Crippen LogP contribution in [0.3, 0.4) is 0 Å². The fourth-order valence-electron chi connectivity index (χ4n) is 1.90. The first kappa shape index (κ1) is 15.5. The molecule has 0 aromatic rings. The number of methoxy groups -OCH3 is 1. The van der Waals surface area contributed by atoms with Crippen molar-refractivity contribution in [3.05, 3.63) is 0 Å². The summed E-state index contributed by atoms with van der Waals surface area (Å²) in [7, 11) is 1.46. The van der Waals surface area contributed by atoms with Gasteiger partial charge in [-0.3, -0.25) is 4.79 Å². The topological polar surface area (TPSA) is 26.3 Å². The van der Waals surface area contributed by atoms with Gasteiger partial charge in [0.15, 0.2) is 0 Å². The zero-order chi connectivity index (χ0) is 12.2. The summed E-state index contributed by atoms with van der Waals surface area (Å²) in [6.45, 7) is 4.20. The lowest BCUT2D eigenvalue weighted by atomic mass is 10.0. The fourth-order valence-corrected chi connectivity index (χ4v) is 1.90. The number of ether oxygens (including phenoxy) is 1. The molecule has 0 saturated carbocycles. The summed E-state index contributed by atoms with van der Waals surface area (Å²) in [4.78, 5) is 11.1. The third-order valence-corrected chi connectivity index (χ3v) is 3.09. The maximum Gasteiger partial charge on any atom is 0.308 e. The first-order chi connectivity index (χ1) is 7.72. The molecule has 0 aliphatic heterocycles. The van der Waals surface area contributed by atoms with Crippen molar-refractivity contribution in [3.63, 3.8) is 0 Å². The van der Waals surface area contributed by atoms with E-state index in [0.29, 0.717) is 0 Å². The van der Waals surface area contributed by atoms with Crippen LogP contribution in [0.1, 0.15) is 71.6 Å². The Bertz CT molecular complexity index is 166. The summed E-state index contributed by atoms with van der Waals surface area (Å²) in [5, 5.41) is 0. The first-order valence-corrected chi connectivity index (χ1v) is 6.80. The van der Waals surface area contributed by atoms with Crippen LogP contribution in [0.25, 0.3) is 0 Å². The van der Waals surface area contributed by atoms with E-state index in [4.69, 9.17) is 4.74 Å². The Morgan fingerprint density at radius 3 is 2.00 bits per heavy atom. The van der Waals surface area contributed by atoms with Crippen LogP contribution in [0, 0.1) is 5.92 Å². The van der Waals surface area contributed by atoms with E-state index in [-0.39, 0.29) is 11.9 Å². The summed E-state index contributed by atoms with van der Waals surface area (Å²) >= 11 is 0. The molecule has 0 amide bonds. The number of rotatable bonds is 10. The van der Waals surface area contributed by atoms with Gasteiger partial charge in [-0.25, -0.2) is 0 Å². The van der Waals surface area contributed by atoms with Gasteiger partial charge in [-0.1, -0.05) is 65.2 Å². The van der Waals surface area contributed by atoms with E-state index in [0.717, 1.165) is 12.8 Å². The lowest BCUT2D eigenvalue weighted by Crippen LogP contribution is -2.12. The molecule has 2 nitrogen and oxygen atoms in total. The van der Waals surface area contributed by atoms with Crippen molar-refractivity contribution in [1.82, 2.24) is 0 Å². The Labute approximate surface area is 101 Å². The van der Waals surface area contributed by atoms with E-state index in [1.165, 1.54) is 52.1 Å². The minimum absolute atomic E-state index is 0.0667. The minimum atomic E-state index is -0.0667. The Morgan fingerprint density at radius 2 is 1.50 bits per heavy atom. The Hall–Kier alpha value is -0.530. The van der Waals surface area contributed by atoms with Gasteiger partial charge >= 0.3 is 5.97 Å². The maximum atomic E-state index is 11.1.